The van der Waals surface area contributed by atoms with Gasteiger partial charge in [-0.25, -0.2) is 0 Å². The lowest BCUT2D eigenvalue weighted by molar-refractivity contribution is -0.117. The van der Waals surface area contributed by atoms with Gasteiger partial charge in [0.15, 0.2) is 0 Å². The van der Waals surface area contributed by atoms with Crippen molar-refractivity contribution in [3.8, 4) is 0 Å². The van der Waals surface area contributed by atoms with Crippen molar-refractivity contribution in [3.05, 3.63) is 29.8 Å². The average Bonchev–Trinajstić information content (AvgIpc) is 3.20. The Morgan fingerprint density at radius 3 is 2.40 bits per heavy atom. The summed E-state index contributed by atoms with van der Waals surface area (Å²) in [7, 11) is 0. The maximum Gasteiger partial charge on any atom is 0.253 e. The van der Waals surface area contributed by atoms with Gasteiger partial charge in [-0.3, -0.25) is 9.59 Å². The summed E-state index contributed by atoms with van der Waals surface area (Å²) in [6, 6.07) is 7.33. The van der Waals surface area contributed by atoms with Crippen LogP contribution in [0.4, 0.5) is 5.69 Å². The Kier molecular flexibility index (Phi) is 4.28. The number of rotatable bonds is 3. The Hall–Kier alpha value is -1.88. The Morgan fingerprint density at radius 2 is 1.84 bits per heavy atom. The molecule has 2 amide bonds. The molecule has 3 aliphatic rings. The summed E-state index contributed by atoms with van der Waals surface area (Å²) in [5.41, 5.74) is 1.90. The lowest BCUT2D eigenvalue weighted by Gasteiger charge is -2.38. The molecule has 1 aromatic carbocycles. The molecule has 2 aliphatic heterocycles. The molecule has 2 atom stereocenters. The quantitative estimate of drug-likeness (QED) is 0.888. The van der Waals surface area contributed by atoms with Crippen LogP contribution in [0, 0.1) is 17.3 Å². The summed E-state index contributed by atoms with van der Waals surface area (Å²) >= 11 is 0. The zero-order valence-electron chi connectivity index (χ0n) is 14.9. The second kappa shape index (κ2) is 6.45. The predicted molar refractivity (Wildman–Crippen MR) is 97.4 cm³/mol. The van der Waals surface area contributed by atoms with Crippen LogP contribution in [-0.4, -0.2) is 42.9 Å². The number of nitrogens with zero attached hydrogens (tertiary/aromatic N) is 1. The fourth-order valence-corrected chi connectivity index (χ4v) is 4.21. The van der Waals surface area contributed by atoms with E-state index in [4.69, 9.17) is 0 Å². The lowest BCUT2D eigenvalue weighted by Crippen LogP contribution is -2.44. The first-order valence-corrected chi connectivity index (χ1v) is 9.47. The van der Waals surface area contributed by atoms with E-state index in [0.29, 0.717) is 16.9 Å². The van der Waals surface area contributed by atoms with Crippen molar-refractivity contribution in [2.24, 2.45) is 17.3 Å². The van der Waals surface area contributed by atoms with E-state index < -0.39 is 0 Å². The Balaban J connectivity index is 1.34. The van der Waals surface area contributed by atoms with E-state index in [1.165, 1.54) is 6.42 Å². The van der Waals surface area contributed by atoms with Gasteiger partial charge in [-0.05, 0) is 67.8 Å². The first kappa shape index (κ1) is 16.6. The second-order valence-electron chi connectivity index (χ2n) is 8.11. The molecule has 0 radical (unpaired) electrons. The minimum atomic E-state index is 0.0954. The predicted octanol–water partition coefficient (Wildman–Crippen LogP) is 2.50. The van der Waals surface area contributed by atoms with Gasteiger partial charge in [-0.2, -0.15) is 0 Å². The Morgan fingerprint density at radius 1 is 1.16 bits per heavy atom. The number of hydrogen-bond acceptors (Lipinski definition) is 3. The minimum absolute atomic E-state index is 0.0954. The van der Waals surface area contributed by atoms with Crippen LogP contribution in [0.1, 0.15) is 43.0 Å². The number of amides is 2. The number of likely N-dealkylation sites (tertiary alicyclic amines) is 1. The molecule has 1 saturated carbocycles. The van der Waals surface area contributed by atoms with Crippen molar-refractivity contribution < 1.29 is 9.59 Å². The maximum absolute atomic E-state index is 12.7. The van der Waals surface area contributed by atoms with E-state index in [1.807, 2.05) is 29.2 Å². The summed E-state index contributed by atoms with van der Waals surface area (Å²) in [6.07, 6.45) is 4.41. The summed E-state index contributed by atoms with van der Waals surface area (Å²) in [4.78, 5) is 26.7. The molecular formula is C20H27N3O2. The van der Waals surface area contributed by atoms with Gasteiger partial charge in [0.2, 0.25) is 5.91 Å². The highest BCUT2D eigenvalue weighted by Crippen LogP contribution is 2.39. The molecule has 1 aromatic rings. The van der Waals surface area contributed by atoms with Crippen molar-refractivity contribution >= 4 is 17.5 Å². The topological polar surface area (TPSA) is 61.4 Å². The minimum Gasteiger partial charge on any atom is -0.339 e. The van der Waals surface area contributed by atoms with Gasteiger partial charge in [-0.1, -0.05) is 6.92 Å². The molecule has 2 N–H and O–H groups in total. The van der Waals surface area contributed by atoms with Gasteiger partial charge in [0, 0.05) is 36.8 Å². The Bertz CT molecular complexity index is 654. The molecule has 5 nitrogen and oxygen atoms in total. The zero-order valence-corrected chi connectivity index (χ0v) is 14.9. The van der Waals surface area contributed by atoms with Crippen molar-refractivity contribution in [2.75, 3.05) is 31.5 Å². The molecule has 5 heteroatoms. The third kappa shape index (κ3) is 3.43. The SMILES string of the molecule is CC1CC1C(=O)Nc1ccc(C(=O)N2CCC3(CCNC3)CC2)cc1. The van der Waals surface area contributed by atoms with Crippen molar-refractivity contribution in [1.82, 2.24) is 10.2 Å². The molecule has 0 bridgehead atoms. The molecule has 1 aliphatic carbocycles. The molecule has 4 rings (SSSR count). The molecule has 25 heavy (non-hydrogen) atoms. The van der Waals surface area contributed by atoms with Gasteiger partial charge in [0.05, 0.1) is 0 Å². The van der Waals surface area contributed by atoms with Crippen LogP contribution < -0.4 is 10.6 Å². The standard InChI is InChI=1S/C20H27N3O2/c1-14-12-17(14)18(24)22-16-4-2-15(3-5-16)19(25)23-10-7-20(8-11-23)6-9-21-13-20/h2-5,14,17,21H,6-13H2,1H3,(H,22,24). The van der Waals surface area contributed by atoms with Crippen LogP contribution >= 0.6 is 0 Å². The van der Waals surface area contributed by atoms with Crippen molar-refractivity contribution in [1.29, 1.82) is 0 Å². The van der Waals surface area contributed by atoms with Crippen LogP contribution in [0.3, 0.4) is 0 Å². The van der Waals surface area contributed by atoms with Gasteiger partial charge in [0.25, 0.3) is 5.91 Å². The number of anilines is 1. The monoisotopic (exact) mass is 341 g/mol. The highest BCUT2D eigenvalue weighted by atomic mass is 16.2. The molecule has 134 valence electrons. The third-order valence-electron chi connectivity index (χ3n) is 6.29. The van der Waals surface area contributed by atoms with E-state index in [0.717, 1.165) is 51.1 Å². The second-order valence-corrected chi connectivity index (χ2v) is 8.11. The molecule has 0 aromatic heterocycles. The summed E-state index contributed by atoms with van der Waals surface area (Å²) < 4.78 is 0. The number of carbonyl (C=O) groups is 2. The van der Waals surface area contributed by atoms with Crippen LogP contribution in [0.15, 0.2) is 24.3 Å². The van der Waals surface area contributed by atoms with Gasteiger partial charge in [-0.15, -0.1) is 0 Å². The number of carbonyl (C=O) groups excluding carboxylic acids is 2. The van der Waals surface area contributed by atoms with E-state index in [2.05, 4.69) is 17.6 Å². The van der Waals surface area contributed by atoms with E-state index in [1.54, 1.807) is 0 Å². The lowest BCUT2D eigenvalue weighted by atomic mass is 9.78. The smallest absolute Gasteiger partial charge is 0.253 e. The summed E-state index contributed by atoms with van der Waals surface area (Å²) in [6.45, 7) is 6.00. The molecule has 3 fully saturated rings. The Labute approximate surface area is 149 Å². The van der Waals surface area contributed by atoms with Crippen LogP contribution in [-0.2, 0) is 4.79 Å². The highest BCUT2D eigenvalue weighted by molar-refractivity contribution is 5.97. The molecule has 2 saturated heterocycles. The summed E-state index contributed by atoms with van der Waals surface area (Å²) in [5.74, 6) is 0.859. The first-order valence-electron chi connectivity index (χ1n) is 9.47. The van der Waals surface area contributed by atoms with Crippen molar-refractivity contribution in [2.45, 2.75) is 32.6 Å². The van der Waals surface area contributed by atoms with Crippen molar-refractivity contribution in [3.63, 3.8) is 0 Å². The molecule has 1 spiro atoms. The number of hydrogen-bond donors (Lipinski definition) is 2. The molecule has 2 unspecified atom stereocenters. The van der Waals surface area contributed by atoms with E-state index >= 15 is 0 Å². The van der Waals surface area contributed by atoms with Crippen LogP contribution in [0.5, 0.6) is 0 Å². The maximum atomic E-state index is 12.7. The number of benzene rings is 1. The van der Waals surface area contributed by atoms with Gasteiger partial charge < -0.3 is 15.5 Å². The third-order valence-corrected chi connectivity index (χ3v) is 6.29. The zero-order chi connectivity index (χ0) is 17.4. The molecule has 2 heterocycles. The fourth-order valence-electron chi connectivity index (χ4n) is 4.21. The number of piperidine rings is 1. The first-order chi connectivity index (χ1) is 12.1. The van der Waals surface area contributed by atoms with E-state index in [-0.39, 0.29) is 17.7 Å². The van der Waals surface area contributed by atoms with E-state index in [9.17, 15) is 9.59 Å². The average molecular weight is 341 g/mol. The normalized spacial score (nSPS) is 27.3. The highest BCUT2D eigenvalue weighted by Gasteiger charge is 2.39. The van der Waals surface area contributed by atoms with Gasteiger partial charge in [0.1, 0.15) is 0 Å². The fraction of sp³-hybridized carbons (Fsp3) is 0.600. The van der Waals surface area contributed by atoms with Crippen LogP contribution in [0.2, 0.25) is 0 Å². The van der Waals surface area contributed by atoms with Gasteiger partial charge >= 0.3 is 0 Å². The largest absolute Gasteiger partial charge is 0.339 e. The number of nitrogens with one attached hydrogen (secondary N) is 2. The van der Waals surface area contributed by atoms with Crippen LogP contribution in [0.25, 0.3) is 0 Å². The summed E-state index contributed by atoms with van der Waals surface area (Å²) in [5, 5.41) is 6.40. The molecular weight excluding hydrogens is 314 g/mol.